The van der Waals surface area contributed by atoms with Gasteiger partial charge in [0.05, 0.1) is 22.4 Å². The first-order valence-corrected chi connectivity index (χ1v) is 18.9. The van der Waals surface area contributed by atoms with Crippen LogP contribution in [0.2, 0.25) is 0 Å². The van der Waals surface area contributed by atoms with Crippen LogP contribution in [0.4, 0.5) is 34.1 Å². The van der Waals surface area contributed by atoms with Crippen molar-refractivity contribution in [3.63, 3.8) is 0 Å². The third-order valence-electron chi connectivity index (χ3n) is 11.5. The highest BCUT2D eigenvalue weighted by molar-refractivity contribution is 6.10. The fourth-order valence-corrected chi connectivity index (χ4v) is 8.97. The van der Waals surface area contributed by atoms with E-state index in [0.29, 0.717) is 0 Å². The smallest absolute Gasteiger partial charge is 0.153 e. The number of hydrogen-bond acceptors (Lipinski definition) is 3. The molecule has 0 atom stereocenters. The van der Waals surface area contributed by atoms with E-state index in [1.807, 2.05) is 6.07 Å². The normalized spacial score (nSPS) is 13.5. The first-order chi connectivity index (χ1) is 27.0. The summed E-state index contributed by atoms with van der Waals surface area (Å²) in [7, 11) is 0. The van der Waals surface area contributed by atoms with Crippen molar-refractivity contribution < 1.29 is 4.74 Å². The van der Waals surface area contributed by atoms with Gasteiger partial charge in [-0.1, -0.05) is 111 Å². The molecule has 0 N–H and O–H groups in total. The largest absolute Gasteiger partial charge is 0.453 e. The third kappa shape index (κ3) is 4.78. The van der Waals surface area contributed by atoms with E-state index in [9.17, 15) is 0 Å². The van der Waals surface area contributed by atoms with Gasteiger partial charge in [0, 0.05) is 50.7 Å². The van der Waals surface area contributed by atoms with Gasteiger partial charge in [0.2, 0.25) is 0 Å². The van der Waals surface area contributed by atoms with E-state index in [2.05, 4.69) is 210 Å². The van der Waals surface area contributed by atoms with Crippen LogP contribution in [0.5, 0.6) is 11.5 Å². The zero-order valence-corrected chi connectivity index (χ0v) is 30.6. The van der Waals surface area contributed by atoms with E-state index >= 15 is 0 Å². The molecule has 0 unspecified atom stereocenters. The van der Waals surface area contributed by atoms with E-state index in [1.54, 1.807) is 0 Å². The molecule has 2 heterocycles. The molecule has 4 heteroatoms. The standard InChI is InChI=1S/C51H37N3O/c1-51(2)43-21-11-9-19-39(43)40-28-25-37(32-44(40)51)52(36-26-29-46-42(31-36)41-20-10-12-22-45(41)53(46)34-15-5-3-6-16-34)38-27-30-48-50(33-38)55-49-24-14-13-23-47(49)54(48)35-17-7-4-8-18-35/h3-33H,1-2H3. The molecule has 1 aliphatic heterocycles. The monoisotopic (exact) mass is 707 g/mol. The van der Waals surface area contributed by atoms with E-state index < -0.39 is 0 Å². The molecule has 8 aromatic carbocycles. The van der Waals surface area contributed by atoms with E-state index in [1.165, 1.54) is 44.1 Å². The Morgan fingerprint density at radius 2 is 1.04 bits per heavy atom. The van der Waals surface area contributed by atoms with Crippen molar-refractivity contribution in [1.82, 2.24) is 4.57 Å². The van der Waals surface area contributed by atoms with Gasteiger partial charge in [-0.2, -0.15) is 0 Å². The Morgan fingerprint density at radius 1 is 0.436 bits per heavy atom. The highest BCUT2D eigenvalue weighted by Gasteiger charge is 2.36. The summed E-state index contributed by atoms with van der Waals surface area (Å²) in [4.78, 5) is 4.69. The topological polar surface area (TPSA) is 20.6 Å². The van der Waals surface area contributed by atoms with Gasteiger partial charge in [-0.05, 0) is 107 Å². The van der Waals surface area contributed by atoms with E-state index in [-0.39, 0.29) is 5.41 Å². The Labute approximate surface area is 320 Å². The molecule has 0 saturated heterocycles. The van der Waals surface area contributed by atoms with Gasteiger partial charge in [-0.3, -0.25) is 0 Å². The van der Waals surface area contributed by atoms with Gasteiger partial charge in [0.1, 0.15) is 0 Å². The minimum atomic E-state index is -0.139. The van der Waals surface area contributed by atoms with Crippen LogP contribution in [0, 0.1) is 0 Å². The SMILES string of the molecule is CC1(C)c2ccccc2-c2ccc(N(c3ccc4c(c3)Oc3ccccc3N4c3ccccc3)c3ccc4c(c3)c3ccccc3n4-c3ccccc3)cc21. The number of benzene rings is 8. The molecule has 9 aromatic rings. The van der Waals surface area contributed by atoms with Gasteiger partial charge in [-0.15, -0.1) is 0 Å². The van der Waals surface area contributed by atoms with Crippen LogP contribution in [0.15, 0.2) is 188 Å². The molecule has 0 fully saturated rings. The molecule has 0 amide bonds. The summed E-state index contributed by atoms with van der Waals surface area (Å²) in [6.45, 7) is 4.69. The van der Waals surface area contributed by atoms with Crippen LogP contribution in [0.3, 0.4) is 0 Å². The predicted molar refractivity (Wildman–Crippen MR) is 228 cm³/mol. The number of hydrogen-bond donors (Lipinski definition) is 0. The fraction of sp³-hybridized carbons (Fsp3) is 0.0588. The van der Waals surface area contributed by atoms with Crippen molar-refractivity contribution in [2.45, 2.75) is 19.3 Å². The summed E-state index contributed by atoms with van der Waals surface area (Å²) in [5.41, 5.74) is 15.0. The maximum Gasteiger partial charge on any atom is 0.153 e. The van der Waals surface area contributed by atoms with Crippen molar-refractivity contribution in [3.05, 3.63) is 199 Å². The summed E-state index contributed by atoms with van der Waals surface area (Å²) in [5.74, 6) is 1.63. The summed E-state index contributed by atoms with van der Waals surface area (Å²) >= 11 is 0. The lowest BCUT2D eigenvalue weighted by atomic mass is 9.82. The van der Waals surface area contributed by atoms with Crippen molar-refractivity contribution in [1.29, 1.82) is 0 Å². The molecular formula is C51H37N3O. The maximum absolute atomic E-state index is 6.75. The molecule has 0 saturated carbocycles. The van der Waals surface area contributed by atoms with Crippen LogP contribution in [-0.2, 0) is 5.41 Å². The average molecular weight is 708 g/mol. The molecular weight excluding hydrogens is 671 g/mol. The number of ether oxygens (including phenoxy) is 1. The number of fused-ring (bicyclic) bond motifs is 8. The molecule has 2 aliphatic rings. The summed E-state index contributed by atoms with van der Waals surface area (Å²) in [6, 6.07) is 67.5. The summed E-state index contributed by atoms with van der Waals surface area (Å²) < 4.78 is 9.12. The molecule has 11 rings (SSSR count). The minimum Gasteiger partial charge on any atom is -0.453 e. The lowest BCUT2D eigenvalue weighted by Gasteiger charge is -2.34. The molecule has 0 radical (unpaired) electrons. The van der Waals surface area contributed by atoms with Crippen molar-refractivity contribution in [3.8, 4) is 28.3 Å². The summed E-state index contributed by atoms with van der Waals surface area (Å²) in [6.07, 6.45) is 0. The van der Waals surface area contributed by atoms with Crippen LogP contribution >= 0.6 is 0 Å². The molecule has 4 nitrogen and oxygen atoms in total. The van der Waals surface area contributed by atoms with Gasteiger partial charge >= 0.3 is 0 Å². The first-order valence-electron chi connectivity index (χ1n) is 18.9. The second kappa shape index (κ2) is 12.0. The van der Waals surface area contributed by atoms with Gasteiger partial charge in [-0.25, -0.2) is 0 Å². The highest BCUT2D eigenvalue weighted by atomic mass is 16.5. The Balaban J connectivity index is 1.13. The fourth-order valence-electron chi connectivity index (χ4n) is 8.97. The zero-order valence-electron chi connectivity index (χ0n) is 30.6. The maximum atomic E-state index is 6.75. The van der Waals surface area contributed by atoms with Crippen molar-refractivity contribution in [2.24, 2.45) is 0 Å². The average Bonchev–Trinajstić information content (AvgIpc) is 3.68. The van der Waals surface area contributed by atoms with Crippen LogP contribution in [-0.4, -0.2) is 4.57 Å². The van der Waals surface area contributed by atoms with Crippen molar-refractivity contribution in [2.75, 3.05) is 9.80 Å². The lowest BCUT2D eigenvalue weighted by Crippen LogP contribution is -2.18. The van der Waals surface area contributed by atoms with Crippen molar-refractivity contribution >= 4 is 55.9 Å². The van der Waals surface area contributed by atoms with E-state index in [0.717, 1.165) is 51.3 Å². The van der Waals surface area contributed by atoms with E-state index in [4.69, 9.17) is 4.74 Å². The Morgan fingerprint density at radius 3 is 1.89 bits per heavy atom. The zero-order chi connectivity index (χ0) is 36.7. The Kier molecular flexibility index (Phi) is 6.86. The molecule has 0 bridgehead atoms. The Bertz CT molecular complexity index is 2940. The van der Waals surface area contributed by atoms with Gasteiger partial charge in [0.15, 0.2) is 11.5 Å². The summed E-state index contributed by atoms with van der Waals surface area (Å²) in [5, 5.41) is 2.42. The quantitative estimate of drug-likeness (QED) is 0.178. The molecule has 1 aliphatic carbocycles. The van der Waals surface area contributed by atoms with Crippen LogP contribution in [0.25, 0.3) is 38.6 Å². The number of rotatable bonds is 5. The minimum absolute atomic E-state index is 0.139. The second-order valence-electron chi connectivity index (χ2n) is 15.0. The van der Waals surface area contributed by atoms with Crippen LogP contribution < -0.4 is 14.5 Å². The van der Waals surface area contributed by atoms with Crippen LogP contribution in [0.1, 0.15) is 25.0 Å². The molecule has 0 spiro atoms. The third-order valence-corrected chi connectivity index (χ3v) is 11.5. The van der Waals surface area contributed by atoms with Gasteiger partial charge < -0.3 is 19.1 Å². The molecule has 262 valence electrons. The second-order valence-corrected chi connectivity index (χ2v) is 15.0. The molecule has 55 heavy (non-hydrogen) atoms. The highest BCUT2D eigenvalue weighted by Crippen LogP contribution is 2.54. The number of anilines is 6. The number of para-hydroxylation sites is 5. The number of aromatic nitrogens is 1. The predicted octanol–water partition coefficient (Wildman–Crippen LogP) is 14.1. The lowest BCUT2D eigenvalue weighted by molar-refractivity contribution is 0.477. The number of nitrogens with zero attached hydrogens (tertiary/aromatic N) is 3. The molecule has 1 aromatic heterocycles. The Hall–Kier alpha value is -7.04. The van der Waals surface area contributed by atoms with Gasteiger partial charge in [0.25, 0.3) is 0 Å². The first kappa shape index (κ1) is 31.5.